The molecule has 1 N–H and O–H groups in total. The van der Waals surface area contributed by atoms with Gasteiger partial charge in [-0.25, -0.2) is 31.4 Å². The minimum absolute atomic E-state index is 0.111. The van der Waals surface area contributed by atoms with Crippen molar-refractivity contribution in [2.75, 3.05) is 18.4 Å². The number of hydrogen-bond donors (Lipinski definition) is 1. The second-order valence-corrected chi connectivity index (χ2v) is 11.8. The Bertz CT molecular complexity index is 1860. The van der Waals surface area contributed by atoms with E-state index in [0.717, 1.165) is 23.4 Å². The summed E-state index contributed by atoms with van der Waals surface area (Å²) in [5.41, 5.74) is 3.20. The zero-order valence-corrected chi connectivity index (χ0v) is 22.7. The third-order valence-electron chi connectivity index (χ3n) is 7.16. The Kier molecular flexibility index (Phi) is 6.83. The van der Waals surface area contributed by atoms with Crippen LogP contribution in [0.4, 0.5) is 14.6 Å². The van der Waals surface area contributed by atoms with Crippen LogP contribution < -0.4 is 5.32 Å². The number of rotatable bonds is 6. The standard InChI is InChI=1S/C28H25F2N7O3S/c1-18-3-6-21(7-4-18)37-26(33-28(38)22-17-32-36-12-2-11-31-27(22)36)16-24(34-37)19-9-13-35(14-10-19)41(39,40)25-8-5-20(29)15-23(25)30/h2-8,11-12,15-17,19H,9-10,13-14H2,1H3,(H,33,38). The van der Waals surface area contributed by atoms with Gasteiger partial charge < -0.3 is 5.32 Å². The number of sulfonamides is 1. The Morgan fingerprint density at radius 3 is 2.54 bits per heavy atom. The van der Waals surface area contributed by atoms with Crippen LogP contribution in [0.3, 0.4) is 0 Å². The number of hydrogen-bond acceptors (Lipinski definition) is 6. The van der Waals surface area contributed by atoms with Crippen molar-refractivity contribution in [3.8, 4) is 5.69 Å². The van der Waals surface area contributed by atoms with Crippen molar-refractivity contribution in [1.29, 1.82) is 0 Å². The maximum atomic E-state index is 14.3. The number of carbonyl (C=O) groups is 1. The Hall–Kier alpha value is -4.49. The number of amides is 1. The monoisotopic (exact) mass is 577 g/mol. The molecule has 0 radical (unpaired) electrons. The summed E-state index contributed by atoms with van der Waals surface area (Å²) in [5, 5.41) is 11.9. The van der Waals surface area contributed by atoms with Crippen molar-refractivity contribution in [2.24, 2.45) is 0 Å². The van der Waals surface area contributed by atoms with E-state index in [1.54, 1.807) is 29.2 Å². The van der Waals surface area contributed by atoms with Crippen LogP contribution in [0.1, 0.15) is 40.4 Å². The summed E-state index contributed by atoms with van der Waals surface area (Å²) in [5.74, 6) is -2.04. The first kappa shape index (κ1) is 26.7. The van der Waals surface area contributed by atoms with E-state index in [-0.39, 0.29) is 19.0 Å². The molecule has 1 aliphatic heterocycles. The predicted octanol–water partition coefficient (Wildman–Crippen LogP) is 4.32. The van der Waals surface area contributed by atoms with Gasteiger partial charge in [0.15, 0.2) is 5.65 Å². The Labute approximate surface area is 234 Å². The van der Waals surface area contributed by atoms with E-state index < -0.39 is 32.5 Å². The quantitative estimate of drug-likeness (QED) is 0.322. The lowest BCUT2D eigenvalue weighted by Gasteiger charge is -2.30. The van der Waals surface area contributed by atoms with E-state index in [1.807, 2.05) is 31.2 Å². The Balaban J connectivity index is 1.26. The van der Waals surface area contributed by atoms with Crippen LogP contribution in [0.15, 0.2) is 78.1 Å². The van der Waals surface area contributed by atoms with Gasteiger partial charge in [0.2, 0.25) is 10.0 Å². The van der Waals surface area contributed by atoms with Gasteiger partial charge in [0, 0.05) is 43.5 Å². The highest BCUT2D eigenvalue weighted by Crippen LogP contribution is 2.33. The van der Waals surface area contributed by atoms with E-state index in [0.29, 0.717) is 41.6 Å². The summed E-state index contributed by atoms with van der Waals surface area (Å²) in [4.78, 5) is 17.0. The van der Waals surface area contributed by atoms with Gasteiger partial charge >= 0.3 is 0 Å². The first-order valence-corrected chi connectivity index (χ1v) is 14.4. The van der Waals surface area contributed by atoms with E-state index in [1.165, 1.54) is 15.0 Å². The molecule has 2 aromatic carbocycles. The van der Waals surface area contributed by atoms with Gasteiger partial charge in [0.25, 0.3) is 5.91 Å². The molecule has 3 aromatic heterocycles. The molecule has 0 unspecified atom stereocenters. The molecule has 210 valence electrons. The molecule has 1 amide bonds. The van der Waals surface area contributed by atoms with Crippen LogP contribution >= 0.6 is 0 Å². The summed E-state index contributed by atoms with van der Waals surface area (Å²) in [6, 6.07) is 13.6. The number of carbonyl (C=O) groups excluding carboxylic acids is 1. The molecular weight excluding hydrogens is 552 g/mol. The van der Waals surface area contributed by atoms with E-state index in [4.69, 9.17) is 5.10 Å². The van der Waals surface area contributed by atoms with Gasteiger partial charge in [0.1, 0.15) is 27.9 Å². The minimum atomic E-state index is -4.13. The SMILES string of the molecule is Cc1ccc(-n2nc(C3CCN(S(=O)(=O)c4ccc(F)cc4F)CC3)cc2NC(=O)c2cnn3cccnc23)cc1. The molecule has 5 aromatic rings. The highest BCUT2D eigenvalue weighted by molar-refractivity contribution is 7.89. The van der Waals surface area contributed by atoms with Crippen LogP contribution in [-0.4, -0.2) is 56.1 Å². The predicted molar refractivity (Wildman–Crippen MR) is 146 cm³/mol. The molecule has 0 atom stereocenters. The molecule has 41 heavy (non-hydrogen) atoms. The highest BCUT2D eigenvalue weighted by Gasteiger charge is 2.33. The summed E-state index contributed by atoms with van der Waals surface area (Å²) < 4.78 is 58.0. The van der Waals surface area contributed by atoms with Crippen molar-refractivity contribution >= 4 is 27.4 Å². The van der Waals surface area contributed by atoms with Crippen LogP contribution in [0.25, 0.3) is 11.3 Å². The van der Waals surface area contributed by atoms with Crippen LogP contribution in [0.2, 0.25) is 0 Å². The lowest BCUT2D eigenvalue weighted by atomic mass is 9.95. The number of aromatic nitrogens is 5. The van der Waals surface area contributed by atoms with Crippen molar-refractivity contribution in [1.82, 2.24) is 28.7 Å². The summed E-state index contributed by atoms with van der Waals surface area (Å²) in [6.45, 7) is 2.24. The summed E-state index contributed by atoms with van der Waals surface area (Å²) in [7, 11) is -4.13. The van der Waals surface area contributed by atoms with Gasteiger partial charge in [-0.1, -0.05) is 17.7 Å². The molecule has 0 aliphatic carbocycles. The van der Waals surface area contributed by atoms with Crippen molar-refractivity contribution < 1.29 is 22.0 Å². The molecule has 13 heteroatoms. The number of piperidine rings is 1. The molecule has 6 rings (SSSR count). The largest absolute Gasteiger partial charge is 0.306 e. The average molecular weight is 578 g/mol. The first-order valence-electron chi connectivity index (χ1n) is 12.9. The zero-order valence-electron chi connectivity index (χ0n) is 21.9. The van der Waals surface area contributed by atoms with Gasteiger partial charge in [0.05, 0.1) is 17.6 Å². The molecule has 1 fully saturated rings. The van der Waals surface area contributed by atoms with Crippen LogP contribution in [-0.2, 0) is 10.0 Å². The Morgan fingerprint density at radius 2 is 1.80 bits per heavy atom. The zero-order chi connectivity index (χ0) is 28.7. The fourth-order valence-electron chi connectivity index (χ4n) is 4.96. The molecule has 4 heterocycles. The molecule has 0 spiro atoms. The average Bonchev–Trinajstić information content (AvgIpc) is 3.58. The number of nitrogens with one attached hydrogen (secondary N) is 1. The van der Waals surface area contributed by atoms with Crippen molar-refractivity contribution in [2.45, 2.75) is 30.6 Å². The fourth-order valence-corrected chi connectivity index (χ4v) is 6.47. The van der Waals surface area contributed by atoms with Gasteiger partial charge in [-0.05, 0) is 50.1 Å². The van der Waals surface area contributed by atoms with Crippen molar-refractivity contribution in [3.63, 3.8) is 0 Å². The number of aryl methyl sites for hydroxylation is 1. The lowest BCUT2D eigenvalue weighted by Crippen LogP contribution is -2.38. The molecule has 1 aliphatic rings. The van der Waals surface area contributed by atoms with Gasteiger partial charge in [-0.3, -0.25) is 4.79 Å². The van der Waals surface area contributed by atoms with Crippen LogP contribution in [0, 0.1) is 18.6 Å². The van der Waals surface area contributed by atoms with Gasteiger partial charge in [-0.15, -0.1) is 0 Å². The molecular formula is C28H25F2N7O3S. The third kappa shape index (κ3) is 5.09. The number of anilines is 1. The minimum Gasteiger partial charge on any atom is -0.306 e. The lowest BCUT2D eigenvalue weighted by molar-refractivity contribution is 0.102. The van der Waals surface area contributed by atoms with E-state index in [9.17, 15) is 22.0 Å². The smallest absolute Gasteiger partial charge is 0.262 e. The van der Waals surface area contributed by atoms with Crippen molar-refractivity contribution in [3.05, 3.63) is 102 Å². The van der Waals surface area contributed by atoms with E-state index >= 15 is 0 Å². The topological polar surface area (TPSA) is 114 Å². The molecule has 0 saturated carbocycles. The van der Waals surface area contributed by atoms with Gasteiger partial charge in [-0.2, -0.15) is 14.5 Å². The molecule has 1 saturated heterocycles. The van der Waals surface area contributed by atoms with E-state index in [2.05, 4.69) is 15.4 Å². The highest BCUT2D eigenvalue weighted by atomic mass is 32.2. The summed E-state index contributed by atoms with van der Waals surface area (Å²) in [6.07, 6.45) is 5.59. The Morgan fingerprint density at radius 1 is 1.05 bits per heavy atom. The number of benzene rings is 2. The number of halogens is 2. The van der Waals surface area contributed by atoms with Crippen LogP contribution in [0.5, 0.6) is 0 Å². The molecule has 10 nitrogen and oxygen atoms in total. The molecule has 0 bridgehead atoms. The third-order valence-corrected chi connectivity index (χ3v) is 9.09. The number of fused-ring (bicyclic) bond motifs is 1. The number of nitrogens with zero attached hydrogens (tertiary/aromatic N) is 6. The maximum Gasteiger partial charge on any atom is 0.262 e. The first-order chi connectivity index (χ1) is 19.7. The second-order valence-electron chi connectivity index (χ2n) is 9.86. The second kappa shape index (κ2) is 10.5. The maximum absolute atomic E-state index is 14.3. The fraction of sp³-hybridized carbons (Fsp3) is 0.214. The summed E-state index contributed by atoms with van der Waals surface area (Å²) >= 11 is 0. The normalized spacial score (nSPS) is 14.9.